The molecule has 1 unspecified atom stereocenters. The van der Waals surface area contributed by atoms with E-state index in [0.29, 0.717) is 12.8 Å². The van der Waals surface area contributed by atoms with Crippen molar-refractivity contribution in [3.63, 3.8) is 0 Å². The van der Waals surface area contributed by atoms with Gasteiger partial charge in [0, 0.05) is 30.0 Å². The molecule has 1 atom stereocenters. The first-order valence-electron chi connectivity index (χ1n) is 6.24. The average Bonchev–Trinajstić information content (AvgIpc) is 2.26. The van der Waals surface area contributed by atoms with Crippen LogP contribution in [0.4, 0.5) is 0 Å². The van der Waals surface area contributed by atoms with Gasteiger partial charge in [0.05, 0.1) is 6.61 Å². The molecule has 1 rings (SSSR count). The molecule has 17 heavy (non-hydrogen) atoms. The van der Waals surface area contributed by atoms with Crippen LogP contribution in [-0.4, -0.2) is 41.3 Å². The average molecular weight is 280 g/mol. The van der Waals surface area contributed by atoms with E-state index in [1.807, 2.05) is 25.4 Å². The van der Waals surface area contributed by atoms with Crippen LogP contribution in [0.3, 0.4) is 0 Å². The van der Waals surface area contributed by atoms with Gasteiger partial charge >= 0.3 is 0 Å². The normalized spacial score (nSPS) is 23.6. The van der Waals surface area contributed by atoms with Gasteiger partial charge in [-0.25, -0.2) is 4.67 Å². The number of piperidine rings is 1. The molecule has 1 fully saturated rings. The summed E-state index contributed by atoms with van der Waals surface area (Å²) < 4.78 is 20.1. The largest absolute Gasteiger partial charge is 0.328 e. The standard InChI is InChI=1S/C11H25N2O2PS/c1-4-16(14,15-9-11(2,3)17)13-7-5-10(12)6-8-13/h10,17H,4-9,12H2,1-3H3. The van der Waals surface area contributed by atoms with Gasteiger partial charge in [0.2, 0.25) is 0 Å². The van der Waals surface area contributed by atoms with Crippen molar-refractivity contribution in [1.82, 2.24) is 4.67 Å². The van der Waals surface area contributed by atoms with Gasteiger partial charge in [-0.2, -0.15) is 12.6 Å². The molecule has 1 aliphatic heterocycles. The van der Waals surface area contributed by atoms with E-state index in [-0.39, 0.29) is 10.8 Å². The maximum atomic E-state index is 12.7. The summed E-state index contributed by atoms with van der Waals surface area (Å²) in [5.41, 5.74) is 5.86. The van der Waals surface area contributed by atoms with Crippen molar-refractivity contribution in [1.29, 1.82) is 0 Å². The van der Waals surface area contributed by atoms with Gasteiger partial charge in [-0.3, -0.25) is 4.57 Å². The predicted octanol–water partition coefficient (Wildman–Crippen LogP) is 2.35. The summed E-state index contributed by atoms with van der Waals surface area (Å²) in [4.78, 5) is 0. The summed E-state index contributed by atoms with van der Waals surface area (Å²) in [6, 6.07) is 0.248. The number of rotatable bonds is 5. The number of thiol groups is 1. The maximum Gasteiger partial charge on any atom is 0.272 e. The minimum absolute atomic E-state index is 0.248. The summed E-state index contributed by atoms with van der Waals surface area (Å²) in [5.74, 6) is 0. The highest BCUT2D eigenvalue weighted by atomic mass is 32.1. The zero-order chi connectivity index (χ0) is 13.1. The first-order chi connectivity index (χ1) is 7.77. The van der Waals surface area contributed by atoms with Crippen molar-refractivity contribution >= 4 is 20.1 Å². The molecule has 102 valence electrons. The molecule has 1 saturated heterocycles. The lowest BCUT2D eigenvalue weighted by Gasteiger charge is -2.36. The van der Waals surface area contributed by atoms with E-state index in [1.165, 1.54) is 0 Å². The minimum atomic E-state index is -2.67. The second kappa shape index (κ2) is 6.07. The molecule has 0 aromatic rings. The van der Waals surface area contributed by atoms with Crippen LogP contribution < -0.4 is 5.73 Å². The maximum absolute atomic E-state index is 12.7. The zero-order valence-electron chi connectivity index (χ0n) is 11.1. The van der Waals surface area contributed by atoms with Gasteiger partial charge in [0.25, 0.3) is 7.52 Å². The second-order valence-electron chi connectivity index (χ2n) is 5.33. The molecule has 0 spiro atoms. The van der Waals surface area contributed by atoms with Crippen LogP contribution in [0.15, 0.2) is 0 Å². The van der Waals surface area contributed by atoms with Crippen molar-refractivity contribution in [2.24, 2.45) is 5.73 Å². The molecular weight excluding hydrogens is 255 g/mol. The SMILES string of the molecule is CCP(=O)(OCC(C)(C)S)N1CCC(N)CC1. The van der Waals surface area contributed by atoms with Crippen LogP contribution in [0.25, 0.3) is 0 Å². The fourth-order valence-corrected chi connectivity index (χ4v) is 4.10. The molecular formula is C11H25N2O2PS. The molecule has 0 radical (unpaired) electrons. The third-order valence-corrected chi connectivity index (χ3v) is 5.69. The van der Waals surface area contributed by atoms with Crippen LogP contribution in [0.1, 0.15) is 33.6 Å². The van der Waals surface area contributed by atoms with E-state index in [2.05, 4.69) is 12.6 Å². The molecule has 1 aliphatic rings. The van der Waals surface area contributed by atoms with Crippen LogP contribution in [0.2, 0.25) is 0 Å². The molecule has 0 bridgehead atoms. The summed E-state index contributed by atoms with van der Waals surface area (Å²) >= 11 is 4.40. The summed E-state index contributed by atoms with van der Waals surface area (Å²) in [7, 11) is -2.67. The van der Waals surface area contributed by atoms with Gasteiger partial charge in [-0.1, -0.05) is 6.92 Å². The summed E-state index contributed by atoms with van der Waals surface area (Å²) in [5, 5.41) is 0. The van der Waals surface area contributed by atoms with Gasteiger partial charge in [0.15, 0.2) is 0 Å². The monoisotopic (exact) mass is 280 g/mol. The van der Waals surface area contributed by atoms with Gasteiger partial charge < -0.3 is 10.3 Å². The number of hydrogen-bond donors (Lipinski definition) is 2. The molecule has 0 aromatic carbocycles. The number of nitrogens with two attached hydrogens (primary N) is 1. The molecule has 6 heteroatoms. The Bertz CT molecular complexity index is 286. The van der Waals surface area contributed by atoms with Crippen LogP contribution >= 0.6 is 20.1 Å². The van der Waals surface area contributed by atoms with Gasteiger partial charge in [-0.15, -0.1) is 0 Å². The third kappa shape index (κ3) is 4.92. The Labute approximate surface area is 110 Å². The Hall–Kier alpha value is 0.460. The van der Waals surface area contributed by atoms with Crippen molar-refractivity contribution < 1.29 is 9.09 Å². The highest BCUT2D eigenvalue weighted by Crippen LogP contribution is 2.52. The van der Waals surface area contributed by atoms with E-state index in [9.17, 15) is 4.57 Å². The smallest absolute Gasteiger partial charge is 0.272 e. The van der Waals surface area contributed by atoms with E-state index in [1.54, 1.807) is 0 Å². The van der Waals surface area contributed by atoms with Crippen LogP contribution in [0, 0.1) is 0 Å². The number of nitrogens with zero attached hydrogens (tertiary/aromatic N) is 1. The second-order valence-corrected chi connectivity index (χ2v) is 9.27. The first kappa shape index (κ1) is 15.5. The van der Waals surface area contributed by atoms with Gasteiger partial charge in [0.1, 0.15) is 0 Å². The van der Waals surface area contributed by atoms with E-state index >= 15 is 0 Å². The minimum Gasteiger partial charge on any atom is -0.328 e. The van der Waals surface area contributed by atoms with E-state index < -0.39 is 7.52 Å². The highest BCUT2D eigenvalue weighted by molar-refractivity contribution is 7.81. The highest BCUT2D eigenvalue weighted by Gasteiger charge is 2.33. The number of hydrogen-bond acceptors (Lipinski definition) is 4. The molecule has 1 heterocycles. The summed E-state index contributed by atoms with van der Waals surface area (Å²) in [6.07, 6.45) is 2.35. The van der Waals surface area contributed by atoms with Gasteiger partial charge in [-0.05, 0) is 26.7 Å². The molecule has 4 nitrogen and oxygen atoms in total. The quantitative estimate of drug-likeness (QED) is 0.599. The van der Waals surface area contributed by atoms with Crippen molar-refractivity contribution in [3.05, 3.63) is 0 Å². The molecule has 0 aromatic heterocycles. The van der Waals surface area contributed by atoms with E-state index in [4.69, 9.17) is 10.3 Å². The van der Waals surface area contributed by atoms with Crippen molar-refractivity contribution in [2.45, 2.75) is 44.4 Å². The lowest BCUT2D eigenvalue weighted by molar-refractivity contribution is 0.223. The first-order valence-corrected chi connectivity index (χ1v) is 8.45. The van der Waals surface area contributed by atoms with E-state index in [0.717, 1.165) is 25.9 Å². The molecule has 0 aliphatic carbocycles. The Morgan fingerprint density at radius 3 is 2.41 bits per heavy atom. The molecule has 2 N–H and O–H groups in total. The zero-order valence-corrected chi connectivity index (χ0v) is 12.8. The van der Waals surface area contributed by atoms with Crippen molar-refractivity contribution in [2.75, 3.05) is 25.9 Å². The molecule has 0 amide bonds. The Kier molecular flexibility index (Phi) is 5.54. The lowest BCUT2D eigenvalue weighted by Crippen LogP contribution is -2.39. The fraction of sp³-hybridized carbons (Fsp3) is 1.00. The van der Waals surface area contributed by atoms with Crippen molar-refractivity contribution in [3.8, 4) is 0 Å². The van der Waals surface area contributed by atoms with Crippen LogP contribution in [-0.2, 0) is 9.09 Å². The molecule has 0 saturated carbocycles. The fourth-order valence-electron chi connectivity index (χ4n) is 1.82. The summed E-state index contributed by atoms with van der Waals surface area (Å²) in [6.45, 7) is 7.80. The third-order valence-electron chi connectivity index (χ3n) is 2.97. The Morgan fingerprint density at radius 2 is 2.00 bits per heavy atom. The van der Waals surface area contributed by atoms with Crippen LogP contribution in [0.5, 0.6) is 0 Å². The Balaban J connectivity index is 2.59. The topological polar surface area (TPSA) is 55.6 Å². The predicted molar refractivity (Wildman–Crippen MR) is 75.9 cm³/mol. The lowest BCUT2D eigenvalue weighted by atomic mass is 10.1. The Morgan fingerprint density at radius 1 is 1.47 bits per heavy atom.